The number of rotatable bonds is 2. The van der Waals surface area contributed by atoms with Crippen molar-refractivity contribution in [3.63, 3.8) is 0 Å². The Balaban J connectivity index is 2.15. The summed E-state index contributed by atoms with van der Waals surface area (Å²) in [4.78, 5) is 3.69. The molecule has 0 aromatic heterocycles. The minimum atomic E-state index is 0.355. The predicted octanol–water partition coefficient (Wildman–Crippen LogP) is 1.95. The van der Waals surface area contributed by atoms with Crippen LogP contribution in [0.3, 0.4) is 0 Å². The Morgan fingerprint density at radius 3 is 3.00 bits per heavy atom. The third-order valence-corrected chi connectivity index (χ3v) is 3.37. The highest BCUT2D eigenvalue weighted by molar-refractivity contribution is 7.98. The average Bonchev–Trinajstić information content (AvgIpc) is 2.65. The fraction of sp³-hybridized carbons (Fsp3) is 0.455. The van der Waals surface area contributed by atoms with E-state index >= 15 is 0 Å². The molecule has 0 radical (unpaired) electrons. The van der Waals surface area contributed by atoms with Gasteiger partial charge in [0.15, 0.2) is 0 Å². The van der Waals surface area contributed by atoms with E-state index in [1.54, 1.807) is 11.8 Å². The smallest absolute Gasteiger partial charge is 0.0377 e. The summed E-state index contributed by atoms with van der Waals surface area (Å²) in [6, 6.07) is 9.02. The SMILES string of the molecule is CSc1cccc(N2CCC(N)C2)c1. The van der Waals surface area contributed by atoms with Gasteiger partial charge in [-0.25, -0.2) is 0 Å². The Hall–Kier alpha value is -0.670. The van der Waals surface area contributed by atoms with E-state index in [0.29, 0.717) is 6.04 Å². The van der Waals surface area contributed by atoms with Crippen LogP contribution < -0.4 is 10.6 Å². The van der Waals surface area contributed by atoms with E-state index in [1.165, 1.54) is 10.6 Å². The molecule has 1 fully saturated rings. The lowest BCUT2D eigenvalue weighted by molar-refractivity contribution is 0.752. The van der Waals surface area contributed by atoms with E-state index < -0.39 is 0 Å². The monoisotopic (exact) mass is 208 g/mol. The first-order valence-corrected chi connectivity index (χ1v) is 6.16. The lowest BCUT2D eigenvalue weighted by Gasteiger charge is -2.18. The van der Waals surface area contributed by atoms with Crippen molar-refractivity contribution < 1.29 is 0 Å². The Kier molecular flexibility index (Phi) is 2.99. The van der Waals surface area contributed by atoms with Crippen LogP contribution in [0.1, 0.15) is 6.42 Å². The van der Waals surface area contributed by atoms with Crippen molar-refractivity contribution in [1.82, 2.24) is 0 Å². The molecule has 1 saturated heterocycles. The Morgan fingerprint density at radius 2 is 2.36 bits per heavy atom. The summed E-state index contributed by atoms with van der Waals surface area (Å²) in [6.07, 6.45) is 3.22. The van der Waals surface area contributed by atoms with Gasteiger partial charge in [-0.15, -0.1) is 11.8 Å². The number of nitrogens with zero attached hydrogens (tertiary/aromatic N) is 1. The standard InChI is InChI=1S/C11H16N2S/c1-14-11-4-2-3-10(7-11)13-6-5-9(12)8-13/h2-4,7,9H,5-6,8,12H2,1H3. The summed E-state index contributed by atoms with van der Waals surface area (Å²) in [5.74, 6) is 0. The van der Waals surface area contributed by atoms with E-state index in [2.05, 4.69) is 35.4 Å². The third kappa shape index (κ3) is 2.04. The number of anilines is 1. The lowest BCUT2D eigenvalue weighted by Crippen LogP contribution is -2.26. The number of thioether (sulfide) groups is 1. The Labute approximate surface area is 89.5 Å². The van der Waals surface area contributed by atoms with E-state index in [-0.39, 0.29) is 0 Å². The maximum absolute atomic E-state index is 5.89. The van der Waals surface area contributed by atoms with Crippen LogP contribution >= 0.6 is 11.8 Å². The summed E-state index contributed by atoms with van der Waals surface area (Å²) < 4.78 is 0. The summed E-state index contributed by atoms with van der Waals surface area (Å²) in [5, 5.41) is 0. The molecule has 0 aliphatic carbocycles. The van der Waals surface area contributed by atoms with Gasteiger partial charge in [-0.3, -0.25) is 0 Å². The van der Waals surface area contributed by atoms with Gasteiger partial charge in [-0.05, 0) is 30.9 Å². The molecule has 1 heterocycles. The van der Waals surface area contributed by atoms with Gasteiger partial charge >= 0.3 is 0 Å². The number of nitrogens with two attached hydrogens (primary N) is 1. The highest BCUT2D eigenvalue weighted by Gasteiger charge is 2.18. The van der Waals surface area contributed by atoms with E-state index in [4.69, 9.17) is 5.73 Å². The van der Waals surface area contributed by atoms with Gasteiger partial charge in [0.25, 0.3) is 0 Å². The minimum Gasteiger partial charge on any atom is -0.370 e. The van der Waals surface area contributed by atoms with Gasteiger partial charge in [0.1, 0.15) is 0 Å². The van der Waals surface area contributed by atoms with Crippen LogP contribution in [0.5, 0.6) is 0 Å². The van der Waals surface area contributed by atoms with Crippen LogP contribution in [0.4, 0.5) is 5.69 Å². The van der Waals surface area contributed by atoms with Crippen LogP contribution in [0.2, 0.25) is 0 Å². The first-order chi connectivity index (χ1) is 6.79. The van der Waals surface area contributed by atoms with Gasteiger partial charge in [0.2, 0.25) is 0 Å². The van der Waals surface area contributed by atoms with Crippen LogP contribution in [0, 0.1) is 0 Å². The zero-order chi connectivity index (χ0) is 9.97. The van der Waals surface area contributed by atoms with Gasteiger partial charge in [-0.1, -0.05) is 6.07 Å². The quantitative estimate of drug-likeness (QED) is 0.753. The fourth-order valence-electron chi connectivity index (χ4n) is 1.83. The molecule has 1 aliphatic heterocycles. The van der Waals surface area contributed by atoms with Crippen molar-refractivity contribution in [2.45, 2.75) is 17.4 Å². The second kappa shape index (κ2) is 4.24. The molecule has 76 valence electrons. The third-order valence-electron chi connectivity index (χ3n) is 2.64. The van der Waals surface area contributed by atoms with E-state index in [1.807, 2.05) is 0 Å². The predicted molar refractivity (Wildman–Crippen MR) is 63.0 cm³/mol. The Bertz CT molecular complexity index is 314. The first kappa shape index (κ1) is 9.87. The molecule has 2 N–H and O–H groups in total. The van der Waals surface area contributed by atoms with Crippen LogP contribution in [-0.2, 0) is 0 Å². The van der Waals surface area contributed by atoms with Crippen LogP contribution in [0.25, 0.3) is 0 Å². The molecule has 2 rings (SSSR count). The van der Waals surface area contributed by atoms with Gasteiger partial charge < -0.3 is 10.6 Å². The highest BCUT2D eigenvalue weighted by atomic mass is 32.2. The summed E-state index contributed by atoms with van der Waals surface area (Å²) in [5.41, 5.74) is 7.20. The molecule has 1 aliphatic rings. The van der Waals surface area contributed by atoms with Gasteiger partial charge in [0.05, 0.1) is 0 Å². The molecule has 0 spiro atoms. The fourth-order valence-corrected chi connectivity index (χ4v) is 2.28. The molecule has 2 nitrogen and oxygen atoms in total. The maximum atomic E-state index is 5.89. The highest BCUT2D eigenvalue weighted by Crippen LogP contribution is 2.24. The van der Waals surface area contributed by atoms with Crippen molar-refractivity contribution in [2.75, 3.05) is 24.2 Å². The summed E-state index contributed by atoms with van der Waals surface area (Å²) in [7, 11) is 0. The molecule has 1 atom stereocenters. The topological polar surface area (TPSA) is 29.3 Å². The molecule has 0 saturated carbocycles. The molecule has 14 heavy (non-hydrogen) atoms. The molecule has 1 unspecified atom stereocenters. The van der Waals surface area contributed by atoms with Gasteiger partial charge in [0, 0.05) is 29.7 Å². The number of benzene rings is 1. The second-order valence-electron chi connectivity index (χ2n) is 3.70. The normalized spacial score (nSPS) is 21.6. The van der Waals surface area contributed by atoms with Crippen molar-refractivity contribution >= 4 is 17.4 Å². The number of hydrogen-bond acceptors (Lipinski definition) is 3. The van der Waals surface area contributed by atoms with Crippen molar-refractivity contribution in [1.29, 1.82) is 0 Å². The molecular weight excluding hydrogens is 192 g/mol. The van der Waals surface area contributed by atoms with Crippen molar-refractivity contribution in [3.8, 4) is 0 Å². The van der Waals surface area contributed by atoms with Gasteiger partial charge in [-0.2, -0.15) is 0 Å². The van der Waals surface area contributed by atoms with E-state index in [9.17, 15) is 0 Å². The zero-order valence-electron chi connectivity index (χ0n) is 8.44. The molecule has 0 amide bonds. The molecule has 1 aromatic carbocycles. The van der Waals surface area contributed by atoms with E-state index in [0.717, 1.165) is 19.5 Å². The van der Waals surface area contributed by atoms with Crippen molar-refractivity contribution in [3.05, 3.63) is 24.3 Å². The lowest BCUT2D eigenvalue weighted by atomic mass is 10.3. The first-order valence-electron chi connectivity index (χ1n) is 4.94. The van der Waals surface area contributed by atoms with Crippen LogP contribution in [-0.4, -0.2) is 25.4 Å². The summed E-state index contributed by atoms with van der Waals surface area (Å²) in [6.45, 7) is 2.09. The average molecular weight is 208 g/mol. The van der Waals surface area contributed by atoms with Crippen LogP contribution in [0.15, 0.2) is 29.2 Å². The second-order valence-corrected chi connectivity index (χ2v) is 4.58. The molecule has 0 bridgehead atoms. The molecule has 3 heteroatoms. The number of hydrogen-bond donors (Lipinski definition) is 1. The summed E-state index contributed by atoms with van der Waals surface area (Å²) >= 11 is 1.78. The maximum Gasteiger partial charge on any atom is 0.0377 e. The largest absolute Gasteiger partial charge is 0.370 e. The molecular formula is C11H16N2S. The molecule has 1 aromatic rings. The minimum absolute atomic E-state index is 0.355. The Morgan fingerprint density at radius 1 is 1.50 bits per heavy atom. The zero-order valence-corrected chi connectivity index (χ0v) is 9.26. The van der Waals surface area contributed by atoms with Crippen molar-refractivity contribution in [2.24, 2.45) is 5.73 Å².